The van der Waals surface area contributed by atoms with Crippen LogP contribution in [0.1, 0.15) is 43.0 Å². The van der Waals surface area contributed by atoms with Crippen molar-refractivity contribution in [3.05, 3.63) is 84.2 Å². The minimum Gasteiger partial charge on any atom is -0.493 e. The second-order valence-electron chi connectivity index (χ2n) is 10.8. The van der Waals surface area contributed by atoms with E-state index in [0.29, 0.717) is 53.4 Å². The van der Waals surface area contributed by atoms with E-state index in [9.17, 15) is 18.0 Å². The quantitative estimate of drug-likeness (QED) is 0.177. The lowest BCUT2D eigenvalue weighted by atomic mass is 10.00. The van der Waals surface area contributed by atoms with E-state index < -0.39 is 28.0 Å². The molecule has 1 aliphatic rings. The number of anilines is 2. The number of carbonyl (C=O) groups excluding carboxylic acids is 2. The van der Waals surface area contributed by atoms with Crippen molar-refractivity contribution in [3.8, 4) is 11.5 Å². The fourth-order valence-electron chi connectivity index (χ4n) is 5.83. The van der Waals surface area contributed by atoms with Gasteiger partial charge in [-0.3, -0.25) is 20.1 Å². The molecular weight excluding hydrogens is 610 g/mol. The van der Waals surface area contributed by atoms with Gasteiger partial charge in [0, 0.05) is 30.0 Å². The van der Waals surface area contributed by atoms with E-state index in [-0.39, 0.29) is 16.6 Å². The van der Waals surface area contributed by atoms with Gasteiger partial charge in [0.25, 0.3) is 5.91 Å². The van der Waals surface area contributed by atoms with Gasteiger partial charge in [-0.2, -0.15) is 0 Å². The minimum atomic E-state index is -3.69. The summed E-state index contributed by atoms with van der Waals surface area (Å²) in [4.78, 5) is 32.7. The highest BCUT2D eigenvalue weighted by molar-refractivity contribution is 7.91. The van der Waals surface area contributed by atoms with Crippen LogP contribution < -0.4 is 25.6 Å². The van der Waals surface area contributed by atoms with Crippen molar-refractivity contribution in [2.75, 3.05) is 44.0 Å². The van der Waals surface area contributed by atoms with Gasteiger partial charge >= 0.3 is 6.09 Å². The first-order valence-electron chi connectivity index (χ1n) is 14.7. The number of sulfone groups is 1. The van der Waals surface area contributed by atoms with Crippen LogP contribution in [0.5, 0.6) is 11.5 Å². The van der Waals surface area contributed by atoms with Crippen LogP contribution in [0.25, 0.3) is 10.8 Å². The zero-order chi connectivity index (χ0) is 33.0. The van der Waals surface area contributed by atoms with E-state index in [1.165, 1.54) is 38.5 Å². The summed E-state index contributed by atoms with van der Waals surface area (Å²) in [5.74, 6) is 7.28. The molecule has 0 spiro atoms. The van der Waals surface area contributed by atoms with E-state index in [2.05, 4.69) is 10.3 Å². The summed E-state index contributed by atoms with van der Waals surface area (Å²) < 4.78 is 42.2. The Kier molecular flexibility index (Phi) is 9.63. The fourth-order valence-corrected chi connectivity index (χ4v) is 6.97. The van der Waals surface area contributed by atoms with Gasteiger partial charge in [-0.1, -0.05) is 19.1 Å². The third-order valence-electron chi connectivity index (χ3n) is 8.21. The number of hydrazine groups is 1. The Morgan fingerprint density at radius 1 is 1.02 bits per heavy atom. The number of benzene rings is 3. The first kappa shape index (κ1) is 32.5. The van der Waals surface area contributed by atoms with Crippen molar-refractivity contribution < 1.29 is 32.2 Å². The van der Waals surface area contributed by atoms with Gasteiger partial charge in [-0.15, -0.1) is 0 Å². The number of aromatic nitrogens is 1. The van der Waals surface area contributed by atoms with Crippen LogP contribution in [0.15, 0.2) is 78.0 Å². The number of nitrogens with one attached hydrogen (secondary N) is 1. The molecule has 4 aromatic rings. The number of hydrogen-bond acceptors (Lipinski definition) is 10. The third-order valence-corrected chi connectivity index (χ3v) is 10.0. The molecule has 1 aliphatic heterocycles. The first-order chi connectivity index (χ1) is 22.1. The number of ether oxygens (including phenoxy) is 3. The van der Waals surface area contributed by atoms with Crippen LogP contribution in [0.3, 0.4) is 0 Å². The van der Waals surface area contributed by atoms with Gasteiger partial charge < -0.3 is 19.1 Å². The molecule has 1 fully saturated rings. The Morgan fingerprint density at radius 2 is 1.80 bits per heavy atom. The molecule has 5 rings (SSSR count). The van der Waals surface area contributed by atoms with Crippen LogP contribution in [0, 0.1) is 0 Å². The van der Waals surface area contributed by atoms with E-state index in [1.807, 2.05) is 24.3 Å². The number of nitrogens with zero attached hydrogens (tertiary/aromatic N) is 3. The number of fused-ring (bicyclic) bond motifs is 1. The summed E-state index contributed by atoms with van der Waals surface area (Å²) in [6.45, 7) is 1.93. The largest absolute Gasteiger partial charge is 0.493 e. The van der Waals surface area contributed by atoms with E-state index in [1.54, 1.807) is 48.5 Å². The van der Waals surface area contributed by atoms with Crippen LogP contribution in [-0.2, 0) is 19.4 Å². The Labute approximate surface area is 267 Å². The molecule has 0 unspecified atom stereocenters. The van der Waals surface area contributed by atoms with Crippen molar-refractivity contribution in [1.82, 2.24) is 9.88 Å². The van der Waals surface area contributed by atoms with Crippen LogP contribution >= 0.6 is 0 Å². The Balaban J connectivity index is 1.62. The number of hydrogen-bond donors (Lipinski definition) is 2. The summed E-state index contributed by atoms with van der Waals surface area (Å²) in [5.41, 5.74) is 1.89. The highest BCUT2D eigenvalue weighted by Crippen LogP contribution is 2.41. The molecule has 0 saturated carbocycles. The van der Waals surface area contributed by atoms with Crippen LogP contribution in [-0.4, -0.2) is 63.9 Å². The molecule has 3 aromatic carbocycles. The van der Waals surface area contributed by atoms with Gasteiger partial charge in [0.1, 0.15) is 6.04 Å². The lowest BCUT2D eigenvalue weighted by Gasteiger charge is -2.35. The maximum absolute atomic E-state index is 14.8. The van der Waals surface area contributed by atoms with Crippen molar-refractivity contribution in [1.29, 1.82) is 0 Å². The van der Waals surface area contributed by atoms with Gasteiger partial charge in [0.2, 0.25) is 0 Å². The molecule has 0 bridgehead atoms. The van der Waals surface area contributed by atoms with Crippen LogP contribution in [0.2, 0.25) is 0 Å². The molecule has 1 aromatic heterocycles. The van der Waals surface area contributed by atoms with Gasteiger partial charge in [-0.05, 0) is 77.9 Å². The smallest absolute Gasteiger partial charge is 0.411 e. The number of rotatable bonds is 10. The third kappa shape index (κ3) is 6.42. The molecule has 13 heteroatoms. The Hall–Kier alpha value is -4.88. The van der Waals surface area contributed by atoms with Gasteiger partial charge in [0.15, 0.2) is 21.3 Å². The SMILES string of the molecule is CCS(=O)(=O)c1ccc(NC(=O)OC)cc1[C@H]1CCCN1C(=O)[C@@H](c1ccc(OC)c(OC)c1)N(N)c1ccc2cnccc2c1. The Bertz CT molecular complexity index is 1870. The Morgan fingerprint density at radius 3 is 2.52 bits per heavy atom. The number of pyridine rings is 1. The summed E-state index contributed by atoms with van der Waals surface area (Å²) in [6, 6.07) is 15.6. The average molecular weight is 648 g/mol. The molecule has 242 valence electrons. The molecule has 0 aliphatic carbocycles. The van der Waals surface area contributed by atoms with Crippen LogP contribution in [0.4, 0.5) is 16.2 Å². The maximum atomic E-state index is 14.8. The number of carbonyl (C=O) groups is 2. The zero-order valence-corrected chi connectivity index (χ0v) is 26.9. The maximum Gasteiger partial charge on any atom is 0.411 e. The van der Waals surface area contributed by atoms with Gasteiger partial charge in [0.05, 0.1) is 43.7 Å². The second kappa shape index (κ2) is 13.6. The minimum absolute atomic E-state index is 0.102. The fraction of sp³-hybridized carbons (Fsp3) is 0.303. The molecule has 3 N–H and O–H groups in total. The molecule has 46 heavy (non-hydrogen) atoms. The number of nitrogens with two attached hydrogens (primary N) is 1. The monoisotopic (exact) mass is 647 g/mol. The summed E-state index contributed by atoms with van der Waals surface area (Å²) in [5, 5.41) is 5.83. The number of amides is 2. The number of likely N-dealkylation sites (tertiary alicyclic amines) is 1. The van der Waals surface area contributed by atoms with Crippen molar-refractivity contribution in [2.45, 2.75) is 36.7 Å². The first-order valence-corrected chi connectivity index (χ1v) is 16.4. The predicted molar refractivity (Wildman–Crippen MR) is 175 cm³/mol. The highest BCUT2D eigenvalue weighted by atomic mass is 32.2. The summed E-state index contributed by atoms with van der Waals surface area (Å²) in [6.07, 6.45) is 3.87. The molecule has 2 atom stereocenters. The highest BCUT2D eigenvalue weighted by Gasteiger charge is 2.39. The second-order valence-corrected chi connectivity index (χ2v) is 13.0. The average Bonchev–Trinajstić information content (AvgIpc) is 3.58. The van der Waals surface area contributed by atoms with Gasteiger partial charge in [-0.25, -0.2) is 19.1 Å². The standard InChI is InChI=1S/C33H37N5O7S/c1-5-46(41,42)30-13-10-24(36-33(40)45-4)19-26(30)27-7-6-16-37(27)32(39)31(22-9-12-28(43-2)29(18-22)44-3)38(34)25-11-8-23-20-35-15-14-21(23)17-25/h8-15,17-20,27,31H,5-7,16,34H2,1-4H3,(H,36,40)/t27-,31-/m1/s1. The lowest BCUT2D eigenvalue weighted by molar-refractivity contribution is -0.133. The van der Waals surface area contributed by atoms with Crippen molar-refractivity contribution in [2.24, 2.45) is 5.84 Å². The van der Waals surface area contributed by atoms with Crippen molar-refractivity contribution >= 4 is 44.0 Å². The molecule has 0 radical (unpaired) electrons. The topological polar surface area (TPSA) is 153 Å². The molecule has 1 saturated heterocycles. The molecule has 2 amide bonds. The van der Waals surface area contributed by atoms with E-state index in [0.717, 1.165) is 10.8 Å². The molecular formula is C33H37N5O7S. The normalized spacial score (nSPS) is 15.3. The van der Waals surface area contributed by atoms with E-state index >= 15 is 0 Å². The summed E-state index contributed by atoms with van der Waals surface area (Å²) in [7, 11) is 0.590. The van der Waals surface area contributed by atoms with E-state index in [4.69, 9.17) is 20.1 Å². The molecule has 12 nitrogen and oxygen atoms in total. The van der Waals surface area contributed by atoms with Crippen molar-refractivity contribution in [3.63, 3.8) is 0 Å². The lowest BCUT2D eigenvalue weighted by Crippen LogP contribution is -2.46. The number of methoxy groups -OCH3 is 3. The summed E-state index contributed by atoms with van der Waals surface area (Å²) >= 11 is 0. The zero-order valence-electron chi connectivity index (χ0n) is 26.1. The molecule has 2 heterocycles. The predicted octanol–water partition coefficient (Wildman–Crippen LogP) is 5.01.